The van der Waals surface area contributed by atoms with Crippen LogP contribution in [0.4, 0.5) is 4.39 Å². The zero-order valence-corrected chi connectivity index (χ0v) is 6.08. The zero-order chi connectivity index (χ0) is 7.11. The smallest absolute Gasteiger partial charge is 0.102 e. The summed E-state index contributed by atoms with van der Waals surface area (Å²) in [6.07, 6.45) is 2.04. The number of allylic oxidation sites excluding steroid dienone is 1. The third-order valence-corrected chi connectivity index (χ3v) is 0.926. The second-order valence-corrected chi connectivity index (χ2v) is 2.17. The molecule has 0 saturated heterocycles. The highest BCUT2D eigenvalue weighted by Gasteiger charge is 1.80. The topological polar surface area (TPSA) is 12.0 Å². The lowest BCUT2D eigenvalue weighted by Gasteiger charge is -1.95. The first-order chi connectivity index (χ1) is 4.27. The van der Waals surface area contributed by atoms with Crippen molar-refractivity contribution >= 4 is 0 Å². The van der Waals surface area contributed by atoms with Crippen LogP contribution in [0.1, 0.15) is 13.8 Å². The van der Waals surface area contributed by atoms with Gasteiger partial charge in [-0.25, -0.2) is 4.39 Å². The summed E-state index contributed by atoms with van der Waals surface area (Å²) in [7, 11) is 0. The molecule has 0 aromatic rings. The molecule has 0 saturated carbocycles. The molecule has 0 heterocycles. The molecule has 1 nitrogen and oxygen atoms in total. The number of halogens is 1. The molecular formula is C7H14FN. The molecule has 9 heavy (non-hydrogen) atoms. The van der Waals surface area contributed by atoms with E-state index in [1.165, 1.54) is 5.57 Å². The monoisotopic (exact) mass is 131 g/mol. The van der Waals surface area contributed by atoms with Crippen LogP contribution < -0.4 is 5.32 Å². The van der Waals surface area contributed by atoms with Crippen LogP contribution in [-0.4, -0.2) is 19.8 Å². The third kappa shape index (κ3) is 7.63. The van der Waals surface area contributed by atoms with Gasteiger partial charge >= 0.3 is 0 Å². The summed E-state index contributed by atoms with van der Waals surface area (Å²) >= 11 is 0. The maximum Gasteiger partial charge on any atom is 0.102 e. The fourth-order valence-electron chi connectivity index (χ4n) is 0.445. The number of hydrogen-bond acceptors (Lipinski definition) is 1. The summed E-state index contributed by atoms with van der Waals surface area (Å²) in [4.78, 5) is 0. The Labute approximate surface area is 56.0 Å². The van der Waals surface area contributed by atoms with Crippen LogP contribution in [0.3, 0.4) is 0 Å². The molecule has 0 fully saturated rings. The van der Waals surface area contributed by atoms with Crippen molar-refractivity contribution in [2.24, 2.45) is 0 Å². The Morgan fingerprint density at radius 3 is 2.67 bits per heavy atom. The van der Waals surface area contributed by atoms with Crippen molar-refractivity contribution in [1.82, 2.24) is 5.32 Å². The van der Waals surface area contributed by atoms with Crippen molar-refractivity contribution in [3.63, 3.8) is 0 Å². The molecule has 54 valence electrons. The molecule has 0 atom stereocenters. The van der Waals surface area contributed by atoms with Crippen LogP contribution in [0.5, 0.6) is 0 Å². The van der Waals surface area contributed by atoms with Gasteiger partial charge in [-0.05, 0) is 13.8 Å². The van der Waals surface area contributed by atoms with Gasteiger partial charge in [-0.2, -0.15) is 0 Å². The molecule has 0 spiro atoms. The van der Waals surface area contributed by atoms with Crippen LogP contribution in [0.25, 0.3) is 0 Å². The molecule has 0 aromatic heterocycles. The van der Waals surface area contributed by atoms with Gasteiger partial charge in [-0.15, -0.1) is 0 Å². The molecule has 0 unspecified atom stereocenters. The highest BCUT2D eigenvalue weighted by molar-refractivity contribution is 4.94. The predicted molar refractivity (Wildman–Crippen MR) is 38.3 cm³/mol. The van der Waals surface area contributed by atoms with Crippen molar-refractivity contribution in [1.29, 1.82) is 0 Å². The number of alkyl halides is 1. The van der Waals surface area contributed by atoms with Crippen molar-refractivity contribution in [2.45, 2.75) is 13.8 Å². The fourth-order valence-corrected chi connectivity index (χ4v) is 0.445. The average Bonchev–Trinajstić information content (AvgIpc) is 1.80. The van der Waals surface area contributed by atoms with Gasteiger partial charge in [0.05, 0.1) is 0 Å². The van der Waals surface area contributed by atoms with E-state index in [9.17, 15) is 4.39 Å². The molecule has 0 bridgehead atoms. The van der Waals surface area contributed by atoms with Gasteiger partial charge in [0, 0.05) is 13.1 Å². The van der Waals surface area contributed by atoms with Gasteiger partial charge in [0.2, 0.25) is 0 Å². The van der Waals surface area contributed by atoms with Crippen molar-refractivity contribution in [3.05, 3.63) is 11.6 Å². The highest BCUT2D eigenvalue weighted by Crippen LogP contribution is 1.84. The van der Waals surface area contributed by atoms with E-state index in [0.717, 1.165) is 6.54 Å². The van der Waals surface area contributed by atoms with E-state index < -0.39 is 0 Å². The van der Waals surface area contributed by atoms with E-state index in [-0.39, 0.29) is 6.67 Å². The molecule has 0 aliphatic rings. The van der Waals surface area contributed by atoms with Crippen molar-refractivity contribution in [2.75, 3.05) is 19.8 Å². The Balaban J connectivity index is 3.00. The summed E-state index contributed by atoms with van der Waals surface area (Å²) in [6.45, 7) is 5.01. The van der Waals surface area contributed by atoms with Crippen molar-refractivity contribution in [3.8, 4) is 0 Å². The number of nitrogens with one attached hydrogen (secondary N) is 1. The lowest BCUT2D eigenvalue weighted by Crippen LogP contribution is -2.16. The Kier molecular flexibility index (Phi) is 5.52. The maximum absolute atomic E-state index is 11.4. The van der Waals surface area contributed by atoms with Crippen molar-refractivity contribution < 1.29 is 4.39 Å². The Bertz CT molecular complexity index is 84.9. The quantitative estimate of drug-likeness (QED) is 0.450. The van der Waals surface area contributed by atoms with Crippen LogP contribution in [0.15, 0.2) is 11.6 Å². The minimum absolute atomic E-state index is 0.281. The average molecular weight is 131 g/mol. The minimum atomic E-state index is -0.281. The lowest BCUT2D eigenvalue weighted by atomic mass is 10.3. The molecule has 2 heteroatoms. The predicted octanol–water partition coefficient (Wildman–Crippen LogP) is 1.51. The van der Waals surface area contributed by atoms with E-state index in [1.807, 2.05) is 19.9 Å². The number of hydrogen-bond donors (Lipinski definition) is 1. The summed E-state index contributed by atoms with van der Waals surface area (Å²) in [5, 5.41) is 2.92. The van der Waals surface area contributed by atoms with Gasteiger partial charge in [-0.1, -0.05) is 11.6 Å². The van der Waals surface area contributed by atoms with E-state index >= 15 is 0 Å². The second kappa shape index (κ2) is 5.76. The molecular weight excluding hydrogens is 117 g/mol. The molecule has 0 aliphatic carbocycles. The Hall–Kier alpha value is -0.370. The van der Waals surface area contributed by atoms with Crippen LogP contribution in [0, 0.1) is 0 Å². The summed E-state index contributed by atoms with van der Waals surface area (Å²) in [5.41, 5.74) is 1.27. The first kappa shape index (κ1) is 8.63. The normalized spacial score (nSPS) is 9.22. The van der Waals surface area contributed by atoms with Gasteiger partial charge in [-0.3, -0.25) is 0 Å². The van der Waals surface area contributed by atoms with E-state index in [1.54, 1.807) is 0 Å². The molecule has 1 N–H and O–H groups in total. The van der Waals surface area contributed by atoms with Crippen LogP contribution in [0.2, 0.25) is 0 Å². The van der Waals surface area contributed by atoms with E-state index in [2.05, 4.69) is 5.32 Å². The molecule has 0 aromatic carbocycles. The zero-order valence-electron chi connectivity index (χ0n) is 6.08. The van der Waals surface area contributed by atoms with E-state index in [0.29, 0.717) is 6.54 Å². The van der Waals surface area contributed by atoms with Gasteiger partial charge in [0.15, 0.2) is 0 Å². The Morgan fingerprint density at radius 1 is 1.56 bits per heavy atom. The minimum Gasteiger partial charge on any atom is -0.311 e. The molecule has 0 aliphatic heterocycles. The van der Waals surface area contributed by atoms with E-state index in [4.69, 9.17) is 0 Å². The van der Waals surface area contributed by atoms with Crippen LogP contribution in [-0.2, 0) is 0 Å². The highest BCUT2D eigenvalue weighted by atomic mass is 19.1. The van der Waals surface area contributed by atoms with Gasteiger partial charge in [0.25, 0.3) is 0 Å². The summed E-state index contributed by atoms with van der Waals surface area (Å²) < 4.78 is 11.4. The summed E-state index contributed by atoms with van der Waals surface area (Å²) in [6, 6.07) is 0. The standard InChI is InChI=1S/C7H14FN/c1-7(2)3-5-9-6-4-8/h3,9H,4-6H2,1-2H3. The second-order valence-electron chi connectivity index (χ2n) is 2.17. The molecule has 0 rings (SSSR count). The molecule has 0 amide bonds. The maximum atomic E-state index is 11.4. The largest absolute Gasteiger partial charge is 0.311 e. The SMILES string of the molecule is CC(C)=CCNCCF. The fraction of sp³-hybridized carbons (Fsp3) is 0.714. The third-order valence-electron chi connectivity index (χ3n) is 0.926. The first-order valence-corrected chi connectivity index (χ1v) is 3.17. The Morgan fingerprint density at radius 2 is 2.22 bits per heavy atom. The number of rotatable bonds is 4. The molecule has 0 radical (unpaired) electrons. The van der Waals surface area contributed by atoms with Gasteiger partial charge < -0.3 is 5.32 Å². The summed E-state index contributed by atoms with van der Waals surface area (Å²) in [5.74, 6) is 0. The first-order valence-electron chi connectivity index (χ1n) is 3.17. The van der Waals surface area contributed by atoms with Crippen LogP contribution >= 0.6 is 0 Å². The van der Waals surface area contributed by atoms with Gasteiger partial charge in [0.1, 0.15) is 6.67 Å². The lowest BCUT2D eigenvalue weighted by molar-refractivity contribution is 0.475.